The Bertz CT molecular complexity index is 1570. The summed E-state index contributed by atoms with van der Waals surface area (Å²) in [6.07, 6.45) is 3.49. The van der Waals surface area contributed by atoms with Gasteiger partial charge in [0.15, 0.2) is 0 Å². The van der Waals surface area contributed by atoms with Gasteiger partial charge in [-0.1, -0.05) is 24.3 Å². The van der Waals surface area contributed by atoms with Crippen LogP contribution in [-0.2, 0) is 4.74 Å². The first kappa shape index (κ1) is 28.0. The number of H-pyrrole nitrogens is 1. The second-order valence-corrected chi connectivity index (χ2v) is 11.5. The van der Waals surface area contributed by atoms with Gasteiger partial charge in [-0.2, -0.15) is 0 Å². The molecule has 6 rings (SSSR count). The molecule has 1 aromatic heterocycles. The second kappa shape index (κ2) is 12.4. The number of piperazine rings is 1. The summed E-state index contributed by atoms with van der Waals surface area (Å²) in [6.45, 7) is 8.14. The lowest BCUT2D eigenvalue weighted by molar-refractivity contribution is 0.0480. The van der Waals surface area contributed by atoms with E-state index in [0.717, 1.165) is 79.0 Å². The van der Waals surface area contributed by atoms with E-state index < -0.39 is 5.97 Å². The van der Waals surface area contributed by atoms with Crippen molar-refractivity contribution in [3.8, 4) is 11.1 Å². The third kappa shape index (κ3) is 6.05. The van der Waals surface area contributed by atoms with E-state index in [-0.39, 0.29) is 11.9 Å². The summed E-state index contributed by atoms with van der Waals surface area (Å²) in [4.78, 5) is 37.4. The minimum absolute atomic E-state index is 0.130. The Balaban J connectivity index is 1.26. The molecule has 2 aliphatic heterocycles. The van der Waals surface area contributed by atoms with Gasteiger partial charge < -0.3 is 29.7 Å². The fraction of sp³-hybridized carbons (Fsp3) is 0.353. The number of amides is 1. The van der Waals surface area contributed by atoms with Crippen LogP contribution in [0.15, 0.2) is 72.9 Å². The molecule has 8 nitrogen and oxygen atoms in total. The van der Waals surface area contributed by atoms with E-state index in [1.807, 2.05) is 65.7 Å². The van der Waals surface area contributed by atoms with Gasteiger partial charge in [0.05, 0.1) is 23.5 Å². The molecule has 218 valence electrons. The van der Waals surface area contributed by atoms with Crippen LogP contribution in [0, 0.1) is 0 Å². The van der Waals surface area contributed by atoms with Crippen LogP contribution < -0.4 is 10.2 Å². The molecule has 1 fully saturated rings. The van der Waals surface area contributed by atoms with Crippen LogP contribution in [0.3, 0.4) is 0 Å². The summed E-state index contributed by atoms with van der Waals surface area (Å²) < 4.78 is 5.83. The fourth-order valence-electron chi connectivity index (χ4n) is 5.90. The second-order valence-electron chi connectivity index (χ2n) is 11.5. The molecular formula is C34H39N5O3. The lowest BCUT2D eigenvalue weighted by Crippen LogP contribution is -2.44. The number of para-hydroxylation sites is 2. The van der Waals surface area contributed by atoms with Gasteiger partial charge >= 0.3 is 5.97 Å². The van der Waals surface area contributed by atoms with Crippen molar-refractivity contribution in [3.63, 3.8) is 0 Å². The van der Waals surface area contributed by atoms with Crippen LogP contribution in [0.25, 0.3) is 22.0 Å². The zero-order valence-corrected chi connectivity index (χ0v) is 24.4. The molecule has 4 aromatic rings. The number of benzene rings is 3. The van der Waals surface area contributed by atoms with Gasteiger partial charge in [-0.05, 0) is 85.8 Å². The van der Waals surface area contributed by atoms with Crippen molar-refractivity contribution < 1.29 is 14.3 Å². The molecule has 0 spiro atoms. The minimum atomic E-state index is -0.404. The molecular weight excluding hydrogens is 526 g/mol. The molecule has 2 N–H and O–H groups in total. The average molecular weight is 566 g/mol. The van der Waals surface area contributed by atoms with Gasteiger partial charge in [0.25, 0.3) is 5.91 Å². The van der Waals surface area contributed by atoms with Gasteiger partial charge in [-0.15, -0.1) is 0 Å². The summed E-state index contributed by atoms with van der Waals surface area (Å²) in [6, 6.07) is 21.6. The molecule has 42 heavy (non-hydrogen) atoms. The van der Waals surface area contributed by atoms with E-state index in [1.165, 1.54) is 0 Å². The summed E-state index contributed by atoms with van der Waals surface area (Å²) in [5.74, 6) is -0.533. The maximum atomic E-state index is 14.0. The minimum Gasteiger partial charge on any atom is -0.462 e. The van der Waals surface area contributed by atoms with Crippen molar-refractivity contribution >= 4 is 34.2 Å². The zero-order valence-electron chi connectivity index (χ0n) is 24.4. The first-order chi connectivity index (χ1) is 20.5. The van der Waals surface area contributed by atoms with Crippen LogP contribution >= 0.6 is 0 Å². The van der Waals surface area contributed by atoms with Crippen LogP contribution in [0.2, 0.25) is 0 Å². The topological polar surface area (TPSA) is 80.9 Å². The van der Waals surface area contributed by atoms with Crippen LogP contribution in [0.5, 0.6) is 0 Å². The predicted octanol–water partition coefficient (Wildman–Crippen LogP) is 5.48. The Kier molecular flexibility index (Phi) is 8.26. The Hall–Kier alpha value is -4.14. The third-order valence-corrected chi connectivity index (χ3v) is 8.43. The van der Waals surface area contributed by atoms with Crippen LogP contribution in [0.4, 0.5) is 11.4 Å². The molecule has 3 aromatic carbocycles. The molecule has 0 bridgehead atoms. The quantitative estimate of drug-likeness (QED) is 0.228. The molecule has 1 amide bonds. The van der Waals surface area contributed by atoms with E-state index >= 15 is 0 Å². The Morgan fingerprint density at radius 3 is 2.64 bits per heavy atom. The molecule has 0 radical (unpaired) electrons. The number of esters is 1. The van der Waals surface area contributed by atoms with Crippen molar-refractivity contribution in [1.29, 1.82) is 0 Å². The highest BCUT2D eigenvalue weighted by molar-refractivity contribution is 6.10. The molecule has 0 unspecified atom stereocenters. The molecule has 8 heteroatoms. The number of nitrogens with one attached hydrogen (secondary N) is 2. The van der Waals surface area contributed by atoms with E-state index in [0.29, 0.717) is 24.3 Å². The highest BCUT2D eigenvalue weighted by Crippen LogP contribution is 2.33. The monoisotopic (exact) mass is 565 g/mol. The predicted molar refractivity (Wildman–Crippen MR) is 168 cm³/mol. The number of fused-ring (bicyclic) bond motifs is 2. The van der Waals surface area contributed by atoms with Crippen LogP contribution in [-0.4, -0.2) is 85.6 Å². The first-order valence-corrected chi connectivity index (χ1v) is 14.9. The Morgan fingerprint density at radius 1 is 0.952 bits per heavy atom. The smallest absolute Gasteiger partial charge is 0.338 e. The molecule has 1 saturated heterocycles. The number of ether oxygens (including phenoxy) is 1. The number of likely N-dealkylation sites (N-methyl/N-ethyl adjacent to an activating group) is 1. The largest absolute Gasteiger partial charge is 0.462 e. The number of aromatic amines is 1. The number of aromatic nitrogens is 1. The lowest BCUT2D eigenvalue weighted by Gasteiger charge is -2.32. The number of hydrogen-bond acceptors (Lipinski definition) is 6. The van der Waals surface area contributed by atoms with Gasteiger partial charge in [0.2, 0.25) is 0 Å². The van der Waals surface area contributed by atoms with Gasteiger partial charge in [-0.3, -0.25) is 4.79 Å². The summed E-state index contributed by atoms with van der Waals surface area (Å²) in [7, 11) is 2.15. The number of rotatable bonds is 7. The summed E-state index contributed by atoms with van der Waals surface area (Å²) in [5.41, 5.74) is 5.35. The first-order valence-electron chi connectivity index (χ1n) is 14.9. The molecule has 0 saturated carbocycles. The van der Waals surface area contributed by atoms with Crippen molar-refractivity contribution in [2.75, 3.05) is 63.1 Å². The fourth-order valence-corrected chi connectivity index (χ4v) is 5.90. The average Bonchev–Trinajstić information content (AvgIpc) is 3.41. The van der Waals surface area contributed by atoms with Crippen molar-refractivity contribution in [1.82, 2.24) is 14.8 Å². The summed E-state index contributed by atoms with van der Waals surface area (Å²) >= 11 is 0. The SMILES string of the molecule is C[C@H]1CCN(C(=O)c2ccc(-c3ccc4[nH]ccc4c3)c(C(=O)OCCCN3CCN(C)CC3)c2)c2ccccc2N1. The van der Waals surface area contributed by atoms with E-state index in [2.05, 4.69) is 40.1 Å². The van der Waals surface area contributed by atoms with Crippen LogP contribution in [0.1, 0.15) is 40.5 Å². The Morgan fingerprint density at radius 2 is 1.79 bits per heavy atom. The van der Waals surface area contributed by atoms with Gasteiger partial charge in [0.1, 0.15) is 0 Å². The van der Waals surface area contributed by atoms with Crippen molar-refractivity contribution in [2.45, 2.75) is 25.8 Å². The highest BCUT2D eigenvalue weighted by Gasteiger charge is 2.26. The maximum absolute atomic E-state index is 14.0. The van der Waals surface area contributed by atoms with Gasteiger partial charge in [0, 0.05) is 62.6 Å². The van der Waals surface area contributed by atoms with E-state index in [1.54, 1.807) is 6.07 Å². The highest BCUT2D eigenvalue weighted by atomic mass is 16.5. The normalized spacial score (nSPS) is 17.9. The number of anilines is 2. The van der Waals surface area contributed by atoms with Crippen molar-refractivity contribution in [2.24, 2.45) is 0 Å². The number of carbonyl (C=O) groups excluding carboxylic acids is 2. The number of carbonyl (C=O) groups is 2. The molecule has 2 aliphatic rings. The summed E-state index contributed by atoms with van der Waals surface area (Å²) in [5, 5.41) is 4.57. The zero-order chi connectivity index (χ0) is 29.1. The maximum Gasteiger partial charge on any atom is 0.338 e. The molecule has 0 aliphatic carbocycles. The molecule has 3 heterocycles. The number of hydrogen-bond donors (Lipinski definition) is 2. The standard InChI is InChI=1S/C34H39N5O3/c1-24-13-16-39(32-7-4-3-6-31(32)36-24)33(40)27-8-10-28(25-9-11-30-26(22-25)12-14-35-30)29(23-27)34(41)42-21-5-15-38-19-17-37(2)18-20-38/h3-4,6-12,14,22-24,35-36H,5,13,15-21H2,1-2H3/t24-/m0/s1. The van der Waals surface area contributed by atoms with Crippen molar-refractivity contribution in [3.05, 3.63) is 84.1 Å². The van der Waals surface area contributed by atoms with E-state index in [4.69, 9.17) is 4.74 Å². The number of nitrogens with zero attached hydrogens (tertiary/aromatic N) is 3. The third-order valence-electron chi connectivity index (χ3n) is 8.43. The Labute approximate surface area is 247 Å². The van der Waals surface area contributed by atoms with E-state index in [9.17, 15) is 9.59 Å². The lowest BCUT2D eigenvalue weighted by atomic mass is 9.96. The molecule has 1 atom stereocenters. The van der Waals surface area contributed by atoms with Gasteiger partial charge in [-0.25, -0.2) is 4.79 Å².